The lowest BCUT2D eigenvalue weighted by molar-refractivity contribution is -0.384. The van der Waals surface area contributed by atoms with Crippen LogP contribution in [0.4, 0.5) is 11.4 Å². The number of phenols is 1. The number of thiocarbonyl (C=S) groups is 1. The molecule has 2 amide bonds. The highest BCUT2D eigenvalue weighted by Gasteiger charge is 2.32. The Balaban J connectivity index is 1.62. The first kappa shape index (κ1) is 23.2. The summed E-state index contributed by atoms with van der Waals surface area (Å²) >= 11 is 6.45. The molecule has 0 atom stereocenters. The lowest BCUT2D eigenvalue weighted by atomic mass is 10.1. The number of nitrogens with one attached hydrogen (secondary N) is 1. The van der Waals surface area contributed by atoms with Crippen LogP contribution < -0.4 is 5.32 Å². The number of rotatable bonds is 7. The van der Waals surface area contributed by atoms with Crippen LogP contribution in [-0.2, 0) is 9.59 Å². The van der Waals surface area contributed by atoms with Gasteiger partial charge in [0.05, 0.1) is 15.5 Å². The molecule has 164 valence electrons. The van der Waals surface area contributed by atoms with Gasteiger partial charge in [-0.1, -0.05) is 60.4 Å². The number of nitrogens with zero attached hydrogens (tertiary/aromatic N) is 2. The van der Waals surface area contributed by atoms with Crippen molar-refractivity contribution in [1.29, 1.82) is 0 Å². The molecule has 0 aromatic heterocycles. The standard InChI is InChI=1S/C22H19N3O5S2/c1-14(11-15-5-3-2-4-6-15)12-19-21(28)24(22(31)32-19)10-9-20(27)23-17-13-16(25(29)30)7-8-18(17)26/h2-8,11-13,26H,9-10H2,1H3,(H,23,27). The molecule has 0 spiro atoms. The smallest absolute Gasteiger partial charge is 0.271 e. The predicted molar refractivity (Wildman–Crippen MR) is 128 cm³/mol. The van der Waals surface area contributed by atoms with Crippen molar-refractivity contribution in [3.63, 3.8) is 0 Å². The zero-order chi connectivity index (χ0) is 23.3. The van der Waals surface area contributed by atoms with Gasteiger partial charge >= 0.3 is 0 Å². The van der Waals surface area contributed by atoms with Crippen molar-refractivity contribution in [3.8, 4) is 5.75 Å². The van der Waals surface area contributed by atoms with Crippen molar-refractivity contribution in [2.45, 2.75) is 13.3 Å². The molecule has 3 rings (SSSR count). The summed E-state index contributed by atoms with van der Waals surface area (Å²) in [6.45, 7) is 1.93. The number of amides is 2. The molecule has 2 N–H and O–H groups in total. The summed E-state index contributed by atoms with van der Waals surface area (Å²) in [7, 11) is 0. The largest absolute Gasteiger partial charge is 0.506 e. The van der Waals surface area contributed by atoms with E-state index in [1.54, 1.807) is 6.08 Å². The maximum atomic E-state index is 12.7. The number of carbonyl (C=O) groups excluding carboxylic acids is 2. The van der Waals surface area contributed by atoms with Crippen LogP contribution in [0.1, 0.15) is 18.9 Å². The van der Waals surface area contributed by atoms with Gasteiger partial charge in [0.2, 0.25) is 5.91 Å². The molecule has 32 heavy (non-hydrogen) atoms. The van der Waals surface area contributed by atoms with Gasteiger partial charge in [0, 0.05) is 25.1 Å². The first-order chi connectivity index (χ1) is 15.2. The van der Waals surface area contributed by atoms with Gasteiger partial charge in [0.1, 0.15) is 10.1 Å². The fourth-order valence-corrected chi connectivity index (χ4v) is 4.28. The molecule has 1 fully saturated rings. The number of allylic oxidation sites excluding steroid dienone is 2. The Labute approximate surface area is 193 Å². The van der Waals surface area contributed by atoms with Crippen LogP contribution in [-0.4, -0.2) is 37.6 Å². The molecule has 2 aromatic carbocycles. The number of benzene rings is 2. The third-order valence-corrected chi connectivity index (χ3v) is 5.83. The van der Waals surface area contributed by atoms with Gasteiger partial charge in [-0.05, 0) is 30.2 Å². The number of aromatic hydroxyl groups is 1. The SMILES string of the molecule is CC(=Cc1ccccc1)C=C1SC(=S)N(CCC(=O)Nc2cc([N+](=O)[O-])ccc2O)C1=O. The summed E-state index contributed by atoms with van der Waals surface area (Å²) in [5.74, 6) is -1.09. The lowest BCUT2D eigenvalue weighted by Crippen LogP contribution is -2.31. The number of thioether (sulfide) groups is 1. The van der Waals surface area contributed by atoms with Gasteiger partial charge in [-0.3, -0.25) is 24.6 Å². The van der Waals surface area contributed by atoms with Crippen molar-refractivity contribution in [3.05, 3.63) is 80.8 Å². The van der Waals surface area contributed by atoms with Crippen molar-refractivity contribution in [2.24, 2.45) is 0 Å². The normalized spacial score (nSPS) is 15.3. The van der Waals surface area contributed by atoms with E-state index in [9.17, 15) is 24.8 Å². The van der Waals surface area contributed by atoms with Crippen molar-refractivity contribution in [1.82, 2.24) is 4.90 Å². The zero-order valence-electron chi connectivity index (χ0n) is 17.0. The monoisotopic (exact) mass is 469 g/mol. The van der Waals surface area contributed by atoms with E-state index < -0.39 is 10.8 Å². The highest BCUT2D eigenvalue weighted by molar-refractivity contribution is 8.26. The van der Waals surface area contributed by atoms with Gasteiger partial charge in [0.15, 0.2) is 0 Å². The van der Waals surface area contributed by atoms with E-state index in [1.165, 1.54) is 16.7 Å². The topological polar surface area (TPSA) is 113 Å². The molecule has 8 nitrogen and oxygen atoms in total. The number of nitro benzene ring substituents is 1. The van der Waals surface area contributed by atoms with E-state index in [0.29, 0.717) is 9.23 Å². The summed E-state index contributed by atoms with van der Waals surface area (Å²) in [6, 6.07) is 13.0. The van der Waals surface area contributed by atoms with E-state index >= 15 is 0 Å². The van der Waals surface area contributed by atoms with E-state index in [2.05, 4.69) is 5.32 Å². The first-order valence-electron chi connectivity index (χ1n) is 9.50. The first-order valence-corrected chi connectivity index (χ1v) is 10.7. The Hall–Kier alpha value is -3.50. The average molecular weight is 470 g/mol. The fourth-order valence-electron chi connectivity index (χ4n) is 2.92. The number of non-ortho nitro benzene ring substituents is 1. The minimum absolute atomic E-state index is 0.0466. The molecular formula is C22H19N3O5S2. The third-order valence-electron chi connectivity index (χ3n) is 4.45. The molecule has 1 aliphatic rings. The minimum Gasteiger partial charge on any atom is -0.506 e. The summed E-state index contributed by atoms with van der Waals surface area (Å²) in [4.78, 5) is 37.1. The van der Waals surface area contributed by atoms with Crippen LogP contribution in [0.5, 0.6) is 5.75 Å². The third kappa shape index (κ3) is 5.80. The van der Waals surface area contributed by atoms with Crippen molar-refractivity contribution >= 4 is 57.6 Å². The second kappa shape index (κ2) is 10.2. The van der Waals surface area contributed by atoms with Gasteiger partial charge in [0.25, 0.3) is 11.6 Å². The highest BCUT2D eigenvalue weighted by atomic mass is 32.2. The summed E-state index contributed by atoms with van der Waals surface area (Å²) < 4.78 is 0.347. The van der Waals surface area contributed by atoms with E-state index in [4.69, 9.17) is 12.2 Å². The molecule has 1 saturated heterocycles. The van der Waals surface area contributed by atoms with Crippen LogP contribution >= 0.6 is 24.0 Å². The Morgan fingerprint density at radius 2 is 2.00 bits per heavy atom. The quantitative estimate of drug-likeness (QED) is 0.202. The number of nitro groups is 1. The molecule has 10 heteroatoms. The van der Waals surface area contributed by atoms with Crippen molar-refractivity contribution in [2.75, 3.05) is 11.9 Å². The Morgan fingerprint density at radius 3 is 2.69 bits per heavy atom. The van der Waals surface area contributed by atoms with Gasteiger partial charge in [-0.25, -0.2) is 0 Å². The van der Waals surface area contributed by atoms with E-state index in [1.807, 2.05) is 43.3 Å². The fraction of sp³-hybridized carbons (Fsp3) is 0.136. The molecule has 0 unspecified atom stereocenters. The minimum atomic E-state index is -0.629. The van der Waals surface area contributed by atoms with Crippen LogP contribution in [0.2, 0.25) is 0 Å². The lowest BCUT2D eigenvalue weighted by Gasteiger charge is -2.14. The molecule has 1 heterocycles. The maximum Gasteiger partial charge on any atom is 0.271 e. The second-order valence-electron chi connectivity index (χ2n) is 6.89. The number of hydrogen-bond acceptors (Lipinski definition) is 7. The van der Waals surface area contributed by atoms with Gasteiger partial charge in [-0.2, -0.15) is 0 Å². The molecule has 0 radical (unpaired) electrons. The molecule has 0 aliphatic carbocycles. The van der Waals surface area contributed by atoms with Crippen LogP contribution in [0.25, 0.3) is 6.08 Å². The Kier molecular flexibility index (Phi) is 7.39. The highest BCUT2D eigenvalue weighted by Crippen LogP contribution is 2.32. The number of hydrogen-bond donors (Lipinski definition) is 2. The van der Waals surface area contributed by atoms with Crippen LogP contribution in [0, 0.1) is 10.1 Å². The maximum absolute atomic E-state index is 12.7. The van der Waals surface area contributed by atoms with Crippen LogP contribution in [0.15, 0.2) is 65.1 Å². The average Bonchev–Trinajstić information content (AvgIpc) is 3.01. The molecule has 0 saturated carbocycles. The number of anilines is 1. The zero-order valence-corrected chi connectivity index (χ0v) is 18.6. The summed E-state index contributed by atoms with van der Waals surface area (Å²) in [6.07, 6.45) is 3.61. The van der Waals surface area contributed by atoms with E-state index in [-0.39, 0.29) is 36.0 Å². The molecule has 2 aromatic rings. The Morgan fingerprint density at radius 1 is 1.28 bits per heavy atom. The summed E-state index contributed by atoms with van der Waals surface area (Å²) in [5, 5.41) is 23.1. The predicted octanol–water partition coefficient (Wildman–Crippen LogP) is 4.48. The number of carbonyl (C=O) groups is 2. The van der Waals surface area contributed by atoms with Crippen molar-refractivity contribution < 1.29 is 19.6 Å². The van der Waals surface area contributed by atoms with E-state index in [0.717, 1.165) is 29.3 Å². The summed E-state index contributed by atoms with van der Waals surface area (Å²) in [5.41, 5.74) is 1.56. The molecule has 0 bridgehead atoms. The van der Waals surface area contributed by atoms with Gasteiger partial charge < -0.3 is 10.4 Å². The van der Waals surface area contributed by atoms with Gasteiger partial charge in [-0.15, -0.1) is 0 Å². The Bertz CT molecular complexity index is 1150. The van der Waals surface area contributed by atoms with Crippen LogP contribution in [0.3, 0.4) is 0 Å². The second-order valence-corrected chi connectivity index (χ2v) is 8.56. The molecule has 1 aliphatic heterocycles. The number of phenolic OH excluding ortho intramolecular Hbond substituents is 1. The molecular weight excluding hydrogens is 450 g/mol.